The van der Waals surface area contributed by atoms with Crippen LogP contribution in [0.4, 0.5) is 11.8 Å². The van der Waals surface area contributed by atoms with Crippen LogP contribution in [0.1, 0.15) is 19.8 Å². The number of fused-ring (bicyclic) bond motifs is 1. The molecule has 0 unspecified atom stereocenters. The quantitative estimate of drug-likeness (QED) is 0.919. The van der Waals surface area contributed by atoms with Crippen molar-refractivity contribution in [1.82, 2.24) is 19.5 Å². The summed E-state index contributed by atoms with van der Waals surface area (Å²) >= 11 is 0. The van der Waals surface area contributed by atoms with E-state index in [4.69, 9.17) is 0 Å². The van der Waals surface area contributed by atoms with Crippen molar-refractivity contribution >= 4 is 23.3 Å². The summed E-state index contributed by atoms with van der Waals surface area (Å²) in [4.78, 5) is 21.1. The molecule has 3 heterocycles. The van der Waals surface area contributed by atoms with Gasteiger partial charge in [0, 0.05) is 32.1 Å². The number of pyridine rings is 1. The van der Waals surface area contributed by atoms with Gasteiger partial charge in [-0.2, -0.15) is 9.50 Å². The van der Waals surface area contributed by atoms with Gasteiger partial charge in [-0.25, -0.2) is 0 Å². The minimum Gasteiger partial charge on any atom is -0.354 e. The number of carbonyl (C=O) groups excluding carboxylic acids is 1. The molecule has 0 atom stereocenters. The second kappa shape index (κ2) is 5.81. The van der Waals surface area contributed by atoms with E-state index < -0.39 is 0 Å². The molecule has 1 saturated carbocycles. The predicted molar refractivity (Wildman–Crippen MR) is 88.7 cm³/mol. The third-order valence-electron chi connectivity index (χ3n) is 4.67. The second-order valence-electron chi connectivity index (χ2n) is 6.27. The molecule has 1 N–H and O–H groups in total. The molecule has 1 saturated heterocycles. The van der Waals surface area contributed by atoms with Crippen LogP contribution in [-0.2, 0) is 4.79 Å². The Balaban J connectivity index is 1.57. The summed E-state index contributed by atoms with van der Waals surface area (Å²) in [5, 5.41) is 7.33. The lowest BCUT2D eigenvalue weighted by Crippen LogP contribution is -2.46. The van der Waals surface area contributed by atoms with Crippen molar-refractivity contribution < 1.29 is 4.79 Å². The van der Waals surface area contributed by atoms with Gasteiger partial charge < -0.3 is 9.80 Å². The van der Waals surface area contributed by atoms with Crippen molar-refractivity contribution in [3.05, 3.63) is 18.2 Å². The summed E-state index contributed by atoms with van der Waals surface area (Å²) in [7, 11) is 0. The number of piperazine rings is 1. The fraction of sp³-hybridized carbons (Fsp3) is 0.562. The molecule has 2 aliphatic rings. The van der Waals surface area contributed by atoms with Crippen LogP contribution in [0, 0.1) is 5.92 Å². The molecule has 0 spiro atoms. The van der Waals surface area contributed by atoms with Gasteiger partial charge in [0.1, 0.15) is 5.82 Å². The van der Waals surface area contributed by atoms with Gasteiger partial charge in [-0.3, -0.25) is 10.1 Å². The van der Waals surface area contributed by atoms with Gasteiger partial charge in [0.15, 0.2) is 5.65 Å². The van der Waals surface area contributed by atoms with E-state index in [2.05, 4.69) is 38.2 Å². The first-order valence-electron chi connectivity index (χ1n) is 8.38. The molecule has 0 bridgehead atoms. The van der Waals surface area contributed by atoms with Gasteiger partial charge in [0.2, 0.25) is 11.9 Å². The number of amides is 1. The maximum absolute atomic E-state index is 11.9. The minimum absolute atomic E-state index is 0.0408. The van der Waals surface area contributed by atoms with E-state index in [1.54, 1.807) is 0 Å². The Labute approximate surface area is 135 Å². The molecule has 2 fully saturated rings. The predicted octanol–water partition coefficient (Wildman–Crippen LogP) is 1.22. The molecule has 7 nitrogen and oxygen atoms in total. The van der Waals surface area contributed by atoms with Crippen molar-refractivity contribution in [1.29, 1.82) is 0 Å². The number of likely N-dealkylation sites (N-methyl/N-ethyl adjacent to an activating group) is 1. The Morgan fingerprint density at radius 2 is 2.04 bits per heavy atom. The number of carbonyl (C=O) groups is 1. The first kappa shape index (κ1) is 14.4. The molecule has 2 aromatic heterocycles. The number of nitrogens with zero attached hydrogens (tertiary/aromatic N) is 5. The van der Waals surface area contributed by atoms with E-state index in [1.807, 2.05) is 16.6 Å². The highest BCUT2D eigenvalue weighted by molar-refractivity contribution is 5.92. The lowest BCUT2D eigenvalue weighted by molar-refractivity contribution is -0.117. The summed E-state index contributed by atoms with van der Waals surface area (Å²) in [5.41, 5.74) is 0.770. The van der Waals surface area contributed by atoms with Crippen molar-refractivity contribution in [2.75, 3.05) is 42.9 Å². The molecule has 2 aromatic rings. The standard InChI is InChI=1S/C16H22N6O/c1-2-20-8-10-21(11-9-20)14-5-3-4-13-17-16(19-22(13)14)18-15(23)12-6-7-12/h3-5,12H,2,6-11H2,1H3,(H,18,19,23). The Morgan fingerprint density at radius 1 is 1.26 bits per heavy atom. The van der Waals surface area contributed by atoms with Crippen molar-refractivity contribution in [2.45, 2.75) is 19.8 Å². The smallest absolute Gasteiger partial charge is 0.249 e. The third kappa shape index (κ3) is 2.88. The Kier molecular flexibility index (Phi) is 3.65. The first-order valence-corrected chi connectivity index (χ1v) is 8.38. The Hall–Kier alpha value is -2.15. The highest BCUT2D eigenvalue weighted by atomic mass is 16.2. The maximum atomic E-state index is 11.9. The average Bonchev–Trinajstić information content (AvgIpc) is 3.35. The number of aromatic nitrogens is 3. The highest BCUT2D eigenvalue weighted by Gasteiger charge is 2.30. The van der Waals surface area contributed by atoms with Crippen LogP contribution >= 0.6 is 0 Å². The topological polar surface area (TPSA) is 65.8 Å². The Morgan fingerprint density at radius 3 is 2.74 bits per heavy atom. The molecule has 0 radical (unpaired) electrons. The fourth-order valence-corrected chi connectivity index (χ4v) is 3.03. The monoisotopic (exact) mass is 314 g/mol. The third-order valence-corrected chi connectivity index (χ3v) is 4.67. The van der Waals surface area contributed by atoms with Crippen LogP contribution in [0.3, 0.4) is 0 Å². The minimum atomic E-state index is 0.0408. The van der Waals surface area contributed by atoms with E-state index in [1.165, 1.54) is 0 Å². The SMILES string of the molecule is CCN1CCN(c2cccc3nc(NC(=O)C4CC4)nn23)CC1. The Bertz CT molecular complexity index is 714. The summed E-state index contributed by atoms with van der Waals surface area (Å²) in [6, 6.07) is 5.99. The number of anilines is 2. The summed E-state index contributed by atoms with van der Waals surface area (Å²) in [6.07, 6.45) is 1.96. The van der Waals surface area contributed by atoms with E-state index in [9.17, 15) is 4.79 Å². The largest absolute Gasteiger partial charge is 0.354 e. The molecule has 7 heteroatoms. The summed E-state index contributed by atoms with van der Waals surface area (Å²) in [5.74, 6) is 1.64. The second-order valence-corrected chi connectivity index (χ2v) is 6.27. The number of nitrogens with one attached hydrogen (secondary N) is 1. The normalized spacial score (nSPS) is 19.3. The lowest BCUT2D eigenvalue weighted by Gasteiger charge is -2.35. The van der Waals surface area contributed by atoms with Crippen molar-refractivity contribution in [3.63, 3.8) is 0 Å². The van der Waals surface area contributed by atoms with Crippen LogP contribution in [0.15, 0.2) is 18.2 Å². The van der Waals surface area contributed by atoms with Gasteiger partial charge in [-0.1, -0.05) is 13.0 Å². The first-order chi connectivity index (χ1) is 11.2. The van der Waals surface area contributed by atoms with Crippen LogP contribution in [0.25, 0.3) is 5.65 Å². The van der Waals surface area contributed by atoms with Gasteiger partial charge in [-0.15, -0.1) is 5.10 Å². The molecule has 1 aliphatic heterocycles. The van der Waals surface area contributed by atoms with Crippen LogP contribution in [0.2, 0.25) is 0 Å². The maximum Gasteiger partial charge on any atom is 0.249 e. The molecule has 23 heavy (non-hydrogen) atoms. The van der Waals surface area contributed by atoms with Crippen molar-refractivity contribution in [3.8, 4) is 0 Å². The van der Waals surface area contributed by atoms with Gasteiger partial charge in [0.25, 0.3) is 0 Å². The van der Waals surface area contributed by atoms with Crippen LogP contribution < -0.4 is 10.2 Å². The van der Waals surface area contributed by atoms with Gasteiger partial charge in [-0.05, 0) is 31.5 Å². The molecule has 1 amide bonds. The summed E-state index contributed by atoms with van der Waals surface area (Å²) in [6.45, 7) is 7.38. The zero-order chi connectivity index (χ0) is 15.8. The number of rotatable bonds is 4. The lowest BCUT2D eigenvalue weighted by atomic mass is 10.3. The van der Waals surface area contributed by atoms with Crippen molar-refractivity contribution in [2.24, 2.45) is 5.92 Å². The number of hydrogen-bond acceptors (Lipinski definition) is 5. The van der Waals surface area contributed by atoms with Gasteiger partial charge in [0.05, 0.1) is 0 Å². The zero-order valence-corrected chi connectivity index (χ0v) is 13.4. The molecule has 1 aliphatic carbocycles. The molecular formula is C16H22N6O. The van der Waals surface area contributed by atoms with Crippen LogP contribution in [0.5, 0.6) is 0 Å². The zero-order valence-electron chi connectivity index (χ0n) is 13.4. The molecule has 4 rings (SSSR count). The highest BCUT2D eigenvalue weighted by Crippen LogP contribution is 2.30. The van der Waals surface area contributed by atoms with Crippen LogP contribution in [-0.4, -0.2) is 58.1 Å². The van der Waals surface area contributed by atoms with E-state index in [0.29, 0.717) is 5.95 Å². The number of hydrogen-bond donors (Lipinski definition) is 1. The van der Waals surface area contributed by atoms with Gasteiger partial charge >= 0.3 is 0 Å². The van der Waals surface area contributed by atoms with E-state index in [-0.39, 0.29) is 11.8 Å². The molecule has 122 valence electrons. The fourth-order valence-electron chi connectivity index (χ4n) is 3.03. The molecule has 0 aromatic carbocycles. The average molecular weight is 314 g/mol. The van der Waals surface area contributed by atoms with E-state index >= 15 is 0 Å². The van der Waals surface area contributed by atoms with E-state index in [0.717, 1.165) is 57.0 Å². The summed E-state index contributed by atoms with van der Waals surface area (Å²) < 4.78 is 1.84. The molecular weight excluding hydrogens is 292 g/mol.